The molecule has 1 aromatic carbocycles. The highest BCUT2D eigenvalue weighted by Crippen LogP contribution is 2.23. The van der Waals surface area contributed by atoms with Gasteiger partial charge in [-0.3, -0.25) is 4.79 Å². The van der Waals surface area contributed by atoms with Gasteiger partial charge in [0.15, 0.2) is 5.96 Å². The molecule has 0 radical (unpaired) electrons. The summed E-state index contributed by atoms with van der Waals surface area (Å²) in [4.78, 5) is 18.4. The standard InChI is InChI=1S/C17H26N4O3/c1-3-18-17(20-12-16(23)21-8-4-5-9-21)19-11-13-10-14(24-2)6-7-15(13)22/h6-7,10,22H,3-5,8-9,11-12H2,1-2H3,(H2,18,19,20). The van der Waals surface area contributed by atoms with Gasteiger partial charge in [-0.2, -0.15) is 0 Å². The molecule has 1 aliphatic heterocycles. The fraction of sp³-hybridized carbons (Fsp3) is 0.529. The van der Waals surface area contributed by atoms with E-state index in [0.29, 0.717) is 23.8 Å². The minimum absolute atomic E-state index is 0.0855. The van der Waals surface area contributed by atoms with E-state index in [-0.39, 0.29) is 24.7 Å². The Morgan fingerprint density at radius 2 is 2.08 bits per heavy atom. The Kier molecular flexibility index (Phi) is 6.72. The van der Waals surface area contributed by atoms with Gasteiger partial charge in [-0.05, 0) is 38.0 Å². The molecule has 1 aromatic rings. The molecule has 0 bridgehead atoms. The monoisotopic (exact) mass is 334 g/mol. The van der Waals surface area contributed by atoms with Gasteiger partial charge in [0.05, 0.1) is 20.2 Å². The molecular weight excluding hydrogens is 308 g/mol. The zero-order valence-corrected chi connectivity index (χ0v) is 14.3. The summed E-state index contributed by atoms with van der Waals surface area (Å²) in [5, 5.41) is 16.1. The van der Waals surface area contributed by atoms with Crippen molar-refractivity contribution >= 4 is 11.9 Å². The maximum absolute atomic E-state index is 12.1. The van der Waals surface area contributed by atoms with Crippen molar-refractivity contribution in [3.05, 3.63) is 23.8 Å². The van der Waals surface area contributed by atoms with E-state index >= 15 is 0 Å². The van der Waals surface area contributed by atoms with E-state index < -0.39 is 0 Å². The number of rotatable bonds is 6. The minimum Gasteiger partial charge on any atom is -0.508 e. The van der Waals surface area contributed by atoms with Crippen molar-refractivity contribution in [3.63, 3.8) is 0 Å². The van der Waals surface area contributed by atoms with Crippen LogP contribution in [0.2, 0.25) is 0 Å². The SMILES string of the molecule is CCNC(=NCc1cc(OC)ccc1O)NCC(=O)N1CCCC1. The highest BCUT2D eigenvalue weighted by molar-refractivity contribution is 5.86. The number of ether oxygens (including phenoxy) is 1. The van der Waals surface area contributed by atoms with Crippen LogP contribution in [0.25, 0.3) is 0 Å². The number of hydrogen-bond acceptors (Lipinski definition) is 4. The van der Waals surface area contributed by atoms with E-state index in [9.17, 15) is 9.90 Å². The van der Waals surface area contributed by atoms with Gasteiger partial charge >= 0.3 is 0 Å². The Hall–Kier alpha value is -2.44. The second-order valence-electron chi connectivity index (χ2n) is 5.63. The lowest BCUT2D eigenvalue weighted by Gasteiger charge is -2.17. The summed E-state index contributed by atoms with van der Waals surface area (Å²) in [5.74, 6) is 1.47. The number of likely N-dealkylation sites (tertiary alicyclic amines) is 1. The Morgan fingerprint density at radius 1 is 1.33 bits per heavy atom. The number of amides is 1. The number of aliphatic imine (C=N–C) groups is 1. The van der Waals surface area contributed by atoms with Crippen LogP contribution < -0.4 is 15.4 Å². The van der Waals surface area contributed by atoms with Crippen molar-refractivity contribution < 1.29 is 14.6 Å². The fourth-order valence-corrected chi connectivity index (χ4v) is 2.56. The van der Waals surface area contributed by atoms with Crippen LogP contribution in [0.4, 0.5) is 0 Å². The average Bonchev–Trinajstić information content (AvgIpc) is 3.13. The molecule has 1 amide bonds. The van der Waals surface area contributed by atoms with E-state index in [4.69, 9.17) is 4.74 Å². The largest absolute Gasteiger partial charge is 0.508 e. The summed E-state index contributed by atoms with van der Waals surface area (Å²) in [6, 6.07) is 5.03. The van der Waals surface area contributed by atoms with Gasteiger partial charge in [0.2, 0.25) is 5.91 Å². The maximum Gasteiger partial charge on any atom is 0.241 e. The fourth-order valence-electron chi connectivity index (χ4n) is 2.56. The van der Waals surface area contributed by atoms with E-state index in [1.165, 1.54) is 0 Å². The Morgan fingerprint density at radius 3 is 2.75 bits per heavy atom. The van der Waals surface area contributed by atoms with Crippen molar-refractivity contribution in [2.24, 2.45) is 4.99 Å². The molecule has 1 fully saturated rings. The minimum atomic E-state index is 0.0855. The number of hydrogen-bond donors (Lipinski definition) is 3. The third-order valence-electron chi connectivity index (χ3n) is 3.90. The summed E-state index contributed by atoms with van der Waals surface area (Å²) in [7, 11) is 1.58. The number of methoxy groups -OCH3 is 1. The van der Waals surface area contributed by atoms with Crippen molar-refractivity contribution in [2.45, 2.75) is 26.3 Å². The molecular formula is C17H26N4O3. The first-order chi connectivity index (χ1) is 11.6. The third kappa shape index (κ3) is 5.04. The van der Waals surface area contributed by atoms with Crippen LogP contribution in [-0.2, 0) is 11.3 Å². The Labute approximate surface area is 142 Å². The van der Waals surface area contributed by atoms with Gasteiger partial charge in [0.1, 0.15) is 11.5 Å². The molecule has 7 nitrogen and oxygen atoms in total. The first kappa shape index (κ1) is 17.9. The van der Waals surface area contributed by atoms with Gasteiger partial charge in [-0.25, -0.2) is 4.99 Å². The van der Waals surface area contributed by atoms with Crippen LogP contribution in [0.3, 0.4) is 0 Å². The quantitative estimate of drug-likeness (QED) is 0.535. The van der Waals surface area contributed by atoms with Gasteiger partial charge in [-0.15, -0.1) is 0 Å². The van der Waals surface area contributed by atoms with Gasteiger partial charge in [0.25, 0.3) is 0 Å². The molecule has 0 unspecified atom stereocenters. The molecule has 0 atom stereocenters. The van der Waals surface area contributed by atoms with Crippen LogP contribution in [0.1, 0.15) is 25.3 Å². The molecule has 132 valence electrons. The smallest absolute Gasteiger partial charge is 0.241 e. The predicted octanol–water partition coefficient (Wildman–Crippen LogP) is 1.08. The topological polar surface area (TPSA) is 86.2 Å². The molecule has 0 saturated carbocycles. The maximum atomic E-state index is 12.1. The number of nitrogens with zero attached hydrogens (tertiary/aromatic N) is 2. The second-order valence-corrected chi connectivity index (χ2v) is 5.63. The second kappa shape index (κ2) is 9.00. The molecule has 2 rings (SSSR count). The van der Waals surface area contributed by atoms with Gasteiger partial charge in [-0.1, -0.05) is 0 Å². The summed E-state index contributed by atoms with van der Waals surface area (Å²) in [6.07, 6.45) is 2.16. The number of benzene rings is 1. The van der Waals surface area contributed by atoms with Crippen molar-refractivity contribution in [1.82, 2.24) is 15.5 Å². The zero-order chi connectivity index (χ0) is 17.4. The summed E-state index contributed by atoms with van der Waals surface area (Å²) in [5.41, 5.74) is 0.664. The summed E-state index contributed by atoms with van der Waals surface area (Å²) in [6.45, 7) is 4.83. The first-order valence-electron chi connectivity index (χ1n) is 8.30. The summed E-state index contributed by atoms with van der Waals surface area (Å²) < 4.78 is 5.16. The molecule has 1 saturated heterocycles. The number of phenols is 1. The van der Waals surface area contributed by atoms with Gasteiger partial charge < -0.3 is 25.4 Å². The molecule has 24 heavy (non-hydrogen) atoms. The Balaban J connectivity index is 1.96. The summed E-state index contributed by atoms with van der Waals surface area (Å²) >= 11 is 0. The molecule has 3 N–H and O–H groups in total. The zero-order valence-electron chi connectivity index (χ0n) is 14.3. The number of guanidine groups is 1. The number of carbonyl (C=O) groups excluding carboxylic acids is 1. The first-order valence-corrected chi connectivity index (χ1v) is 8.30. The molecule has 1 heterocycles. The van der Waals surface area contributed by atoms with E-state index in [1.807, 2.05) is 11.8 Å². The third-order valence-corrected chi connectivity index (χ3v) is 3.90. The lowest BCUT2D eigenvalue weighted by atomic mass is 10.2. The molecule has 0 aliphatic carbocycles. The number of aromatic hydroxyl groups is 1. The predicted molar refractivity (Wildman–Crippen MR) is 93.3 cm³/mol. The van der Waals surface area contributed by atoms with Crippen LogP contribution in [0, 0.1) is 0 Å². The lowest BCUT2D eigenvalue weighted by molar-refractivity contribution is -0.128. The van der Waals surface area contributed by atoms with Crippen molar-refractivity contribution in [1.29, 1.82) is 0 Å². The highest BCUT2D eigenvalue weighted by atomic mass is 16.5. The van der Waals surface area contributed by atoms with Gasteiger partial charge in [0, 0.05) is 25.2 Å². The molecule has 0 spiro atoms. The normalized spacial score (nSPS) is 14.6. The van der Waals surface area contributed by atoms with Crippen LogP contribution in [0.15, 0.2) is 23.2 Å². The number of nitrogens with one attached hydrogen (secondary N) is 2. The highest BCUT2D eigenvalue weighted by Gasteiger charge is 2.17. The van der Waals surface area contributed by atoms with E-state index in [1.54, 1.807) is 25.3 Å². The van der Waals surface area contributed by atoms with Crippen molar-refractivity contribution in [2.75, 3.05) is 33.3 Å². The van der Waals surface area contributed by atoms with Crippen LogP contribution in [0.5, 0.6) is 11.5 Å². The average molecular weight is 334 g/mol. The molecule has 0 aromatic heterocycles. The molecule has 7 heteroatoms. The van der Waals surface area contributed by atoms with E-state index in [0.717, 1.165) is 25.9 Å². The van der Waals surface area contributed by atoms with Crippen LogP contribution in [-0.4, -0.2) is 55.2 Å². The lowest BCUT2D eigenvalue weighted by Crippen LogP contribution is -2.44. The Bertz CT molecular complexity index is 583. The number of phenolic OH excluding ortho intramolecular Hbond substituents is 1. The van der Waals surface area contributed by atoms with Crippen LogP contribution >= 0.6 is 0 Å². The van der Waals surface area contributed by atoms with E-state index in [2.05, 4.69) is 15.6 Å². The van der Waals surface area contributed by atoms with Crippen molar-refractivity contribution in [3.8, 4) is 11.5 Å². The number of carbonyl (C=O) groups is 1. The molecule has 1 aliphatic rings.